The zero-order valence-corrected chi connectivity index (χ0v) is 12.5. The Morgan fingerprint density at radius 1 is 1.10 bits per heavy atom. The summed E-state index contributed by atoms with van der Waals surface area (Å²) in [7, 11) is 0. The van der Waals surface area contributed by atoms with Crippen molar-refractivity contribution in [3.63, 3.8) is 0 Å². The van der Waals surface area contributed by atoms with E-state index in [1.165, 1.54) is 6.21 Å². The molecular formula is C15H13Cl2N3O. The standard InChI is InChI=1S/C15H13Cl2N3O/c16-13-7-6-11(8-14(13)17)9-19-20-15(21)10-18-12-4-2-1-3-5-12/h1-9,18H,10H2,(H,20,21). The smallest absolute Gasteiger partial charge is 0.259 e. The van der Waals surface area contributed by atoms with Crippen LogP contribution in [-0.2, 0) is 4.79 Å². The molecule has 2 rings (SSSR count). The number of para-hydroxylation sites is 1. The van der Waals surface area contributed by atoms with Gasteiger partial charge < -0.3 is 5.32 Å². The first-order valence-electron chi connectivity index (χ1n) is 6.21. The number of nitrogens with one attached hydrogen (secondary N) is 2. The molecule has 0 bridgehead atoms. The molecule has 0 aliphatic carbocycles. The maximum Gasteiger partial charge on any atom is 0.259 e. The zero-order valence-electron chi connectivity index (χ0n) is 11.0. The van der Waals surface area contributed by atoms with Crippen LogP contribution < -0.4 is 10.7 Å². The Balaban J connectivity index is 1.80. The number of amides is 1. The Hall–Kier alpha value is -2.04. The number of carbonyl (C=O) groups is 1. The second-order valence-corrected chi connectivity index (χ2v) is 5.00. The van der Waals surface area contributed by atoms with Crippen LogP contribution in [0.15, 0.2) is 53.6 Å². The largest absolute Gasteiger partial charge is 0.376 e. The van der Waals surface area contributed by atoms with Gasteiger partial charge in [0, 0.05) is 5.69 Å². The predicted octanol–water partition coefficient (Wildman–Crippen LogP) is 3.56. The number of carbonyl (C=O) groups excluding carboxylic acids is 1. The van der Waals surface area contributed by atoms with Crippen LogP contribution in [0.2, 0.25) is 10.0 Å². The molecule has 4 nitrogen and oxygen atoms in total. The molecule has 0 atom stereocenters. The summed E-state index contributed by atoms with van der Waals surface area (Å²) in [5, 5.41) is 7.76. The summed E-state index contributed by atoms with van der Waals surface area (Å²) in [6.45, 7) is 0.142. The molecule has 0 saturated heterocycles. The molecule has 0 heterocycles. The number of rotatable bonds is 5. The molecular weight excluding hydrogens is 309 g/mol. The van der Waals surface area contributed by atoms with E-state index in [9.17, 15) is 4.79 Å². The van der Waals surface area contributed by atoms with E-state index in [0.717, 1.165) is 11.3 Å². The van der Waals surface area contributed by atoms with E-state index in [4.69, 9.17) is 23.2 Å². The number of nitrogens with zero attached hydrogens (tertiary/aromatic N) is 1. The van der Waals surface area contributed by atoms with E-state index in [-0.39, 0.29) is 12.5 Å². The van der Waals surface area contributed by atoms with Gasteiger partial charge in [-0.3, -0.25) is 4.79 Å². The highest BCUT2D eigenvalue weighted by atomic mass is 35.5. The van der Waals surface area contributed by atoms with E-state index in [2.05, 4.69) is 15.8 Å². The molecule has 2 aromatic carbocycles. The van der Waals surface area contributed by atoms with E-state index in [0.29, 0.717) is 10.0 Å². The highest BCUT2D eigenvalue weighted by Gasteiger charge is 2.00. The fraction of sp³-hybridized carbons (Fsp3) is 0.0667. The van der Waals surface area contributed by atoms with Gasteiger partial charge in [-0.2, -0.15) is 5.10 Å². The Kier molecular flexibility index (Phi) is 5.60. The second kappa shape index (κ2) is 7.67. The van der Waals surface area contributed by atoms with Crippen molar-refractivity contribution in [2.75, 3.05) is 11.9 Å². The van der Waals surface area contributed by atoms with Crippen LogP contribution in [-0.4, -0.2) is 18.7 Å². The summed E-state index contributed by atoms with van der Waals surface area (Å²) in [5.74, 6) is -0.241. The molecule has 0 spiro atoms. The zero-order chi connectivity index (χ0) is 15.1. The van der Waals surface area contributed by atoms with Crippen molar-refractivity contribution in [2.24, 2.45) is 5.10 Å². The number of benzene rings is 2. The fourth-order valence-electron chi connectivity index (χ4n) is 1.55. The van der Waals surface area contributed by atoms with E-state index in [1.54, 1.807) is 18.2 Å². The third-order valence-corrected chi connectivity index (χ3v) is 3.31. The van der Waals surface area contributed by atoms with Crippen molar-refractivity contribution in [1.82, 2.24) is 5.43 Å². The van der Waals surface area contributed by atoms with Gasteiger partial charge in [-0.05, 0) is 29.8 Å². The summed E-state index contributed by atoms with van der Waals surface area (Å²) in [6, 6.07) is 14.6. The van der Waals surface area contributed by atoms with E-state index < -0.39 is 0 Å². The molecule has 0 saturated carbocycles. The maximum atomic E-state index is 11.6. The van der Waals surface area contributed by atoms with Gasteiger partial charge in [-0.1, -0.05) is 47.5 Å². The van der Waals surface area contributed by atoms with Crippen LogP contribution in [0.3, 0.4) is 0 Å². The summed E-state index contributed by atoms with van der Waals surface area (Å²) in [6.07, 6.45) is 1.50. The predicted molar refractivity (Wildman–Crippen MR) is 87.1 cm³/mol. The third kappa shape index (κ3) is 5.10. The van der Waals surface area contributed by atoms with Crippen molar-refractivity contribution in [2.45, 2.75) is 0 Å². The molecule has 0 aliphatic heterocycles. The van der Waals surface area contributed by atoms with Gasteiger partial charge in [0.1, 0.15) is 0 Å². The van der Waals surface area contributed by atoms with Crippen LogP contribution in [0.25, 0.3) is 0 Å². The first kappa shape index (κ1) is 15.4. The lowest BCUT2D eigenvalue weighted by atomic mass is 10.2. The van der Waals surface area contributed by atoms with Crippen LogP contribution >= 0.6 is 23.2 Å². The summed E-state index contributed by atoms with van der Waals surface area (Å²) in [5.41, 5.74) is 4.05. The minimum absolute atomic E-state index is 0.142. The van der Waals surface area contributed by atoms with Gasteiger partial charge in [0.15, 0.2) is 0 Å². The van der Waals surface area contributed by atoms with Gasteiger partial charge in [0.25, 0.3) is 5.91 Å². The van der Waals surface area contributed by atoms with Crippen LogP contribution in [0, 0.1) is 0 Å². The van der Waals surface area contributed by atoms with Crippen molar-refractivity contribution in [3.8, 4) is 0 Å². The normalized spacial score (nSPS) is 10.6. The molecule has 0 unspecified atom stereocenters. The number of halogens is 2. The number of anilines is 1. The first-order valence-corrected chi connectivity index (χ1v) is 6.96. The van der Waals surface area contributed by atoms with Gasteiger partial charge in [-0.25, -0.2) is 5.43 Å². The van der Waals surface area contributed by atoms with Gasteiger partial charge in [0.05, 0.1) is 22.8 Å². The Labute approximate surface area is 132 Å². The van der Waals surface area contributed by atoms with Crippen LogP contribution in [0.5, 0.6) is 0 Å². The quantitative estimate of drug-likeness (QED) is 0.653. The third-order valence-electron chi connectivity index (χ3n) is 2.57. The molecule has 6 heteroatoms. The minimum atomic E-state index is -0.241. The lowest BCUT2D eigenvalue weighted by Crippen LogP contribution is -2.25. The monoisotopic (exact) mass is 321 g/mol. The number of hydrogen-bond acceptors (Lipinski definition) is 3. The molecule has 21 heavy (non-hydrogen) atoms. The first-order chi connectivity index (χ1) is 10.1. The second-order valence-electron chi connectivity index (χ2n) is 4.19. The van der Waals surface area contributed by atoms with Gasteiger partial charge >= 0.3 is 0 Å². The Morgan fingerprint density at radius 2 is 1.86 bits per heavy atom. The minimum Gasteiger partial charge on any atom is -0.376 e. The molecule has 2 N–H and O–H groups in total. The van der Waals surface area contributed by atoms with Crippen molar-refractivity contribution < 1.29 is 4.79 Å². The number of hydrogen-bond donors (Lipinski definition) is 2. The van der Waals surface area contributed by atoms with Gasteiger partial charge in [0.2, 0.25) is 0 Å². The lowest BCUT2D eigenvalue weighted by molar-refractivity contribution is -0.119. The molecule has 0 fully saturated rings. The summed E-state index contributed by atoms with van der Waals surface area (Å²) >= 11 is 11.7. The highest BCUT2D eigenvalue weighted by molar-refractivity contribution is 6.42. The molecule has 0 aliphatic rings. The Morgan fingerprint density at radius 3 is 2.57 bits per heavy atom. The highest BCUT2D eigenvalue weighted by Crippen LogP contribution is 2.21. The average molecular weight is 322 g/mol. The van der Waals surface area contributed by atoms with Gasteiger partial charge in [-0.15, -0.1) is 0 Å². The van der Waals surface area contributed by atoms with Crippen molar-refractivity contribution in [1.29, 1.82) is 0 Å². The molecule has 1 amide bonds. The average Bonchev–Trinajstić information content (AvgIpc) is 2.50. The van der Waals surface area contributed by atoms with E-state index >= 15 is 0 Å². The van der Waals surface area contributed by atoms with Crippen LogP contribution in [0.4, 0.5) is 5.69 Å². The molecule has 0 aromatic heterocycles. The van der Waals surface area contributed by atoms with Crippen LogP contribution in [0.1, 0.15) is 5.56 Å². The fourth-order valence-corrected chi connectivity index (χ4v) is 1.86. The lowest BCUT2D eigenvalue weighted by Gasteiger charge is -2.04. The summed E-state index contributed by atoms with van der Waals surface area (Å²) < 4.78 is 0. The maximum absolute atomic E-state index is 11.6. The summed E-state index contributed by atoms with van der Waals surface area (Å²) in [4.78, 5) is 11.6. The van der Waals surface area contributed by atoms with E-state index in [1.807, 2.05) is 30.3 Å². The molecule has 108 valence electrons. The number of hydrazone groups is 1. The SMILES string of the molecule is O=C(CNc1ccccc1)NN=Cc1ccc(Cl)c(Cl)c1. The Bertz CT molecular complexity index is 645. The topological polar surface area (TPSA) is 53.5 Å². The molecule has 2 aromatic rings. The van der Waals surface area contributed by atoms with Crippen molar-refractivity contribution in [3.05, 3.63) is 64.1 Å². The van der Waals surface area contributed by atoms with Crippen molar-refractivity contribution >= 4 is 41.0 Å². The molecule has 0 radical (unpaired) electrons.